The molecule has 2 rings (SSSR count). The Labute approximate surface area is 119 Å². The van der Waals surface area contributed by atoms with Crippen LogP contribution >= 0.6 is 0 Å². The van der Waals surface area contributed by atoms with Crippen LogP contribution in [0.5, 0.6) is 0 Å². The van der Waals surface area contributed by atoms with Crippen LogP contribution in [0, 0.1) is 5.41 Å². The topological polar surface area (TPSA) is 70.7 Å². The summed E-state index contributed by atoms with van der Waals surface area (Å²) < 4.78 is 0. The van der Waals surface area contributed by atoms with Gasteiger partial charge in [0.25, 0.3) is 5.91 Å². The highest BCUT2D eigenvalue weighted by Crippen LogP contribution is 2.27. The lowest BCUT2D eigenvalue weighted by molar-refractivity contribution is 0.0891. The predicted octanol–water partition coefficient (Wildman–Crippen LogP) is 2.90. The van der Waals surface area contributed by atoms with Crippen LogP contribution in [-0.2, 0) is 0 Å². The Kier molecular flexibility index (Phi) is 3.54. The normalized spacial score (nSPS) is 12.7. The second-order valence-electron chi connectivity index (χ2n) is 7.10. The van der Waals surface area contributed by atoms with E-state index in [0.717, 1.165) is 11.9 Å². The summed E-state index contributed by atoms with van der Waals surface area (Å²) in [5.74, 6) is -0.0795. The van der Waals surface area contributed by atoms with Gasteiger partial charge in [-0.15, -0.1) is 0 Å². The molecule has 0 aliphatic heterocycles. The Hall–Kier alpha value is -1.91. The van der Waals surface area contributed by atoms with E-state index in [2.05, 4.69) is 41.5 Å². The van der Waals surface area contributed by atoms with Crippen LogP contribution in [0.15, 0.2) is 18.2 Å². The van der Waals surface area contributed by atoms with Crippen molar-refractivity contribution in [2.75, 3.05) is 0 Å². The summed E-state index contributed by atoms with van der Waals surface area (Å²) in [5, 5.41) is 13.6. The molecule has 108 valence electrons. The number of benzene rings is 1. The molecule has 0 bridgehead atoms. The van der Waals surface area contributed by atoms with E-state index in [1.165, 1.54) is 0 Å². The molecule has 0 fully saturated rings. The average Bonchev–Trinajstić information content (AvgIpc) is 2.71. The predicted molar refractivity (Wildman–Crippen MR) is 79.5 cm³/mol. The summed E-state index contributed by atoms with van der Waals surface area (Å²) in [6.07, 6.45) is 0.901. The Morgan fingerprint density at radius 3 is 2.45 bits per heavy atom. The van der Waals surface area contributed by atoms with Crippen molar-refractivity contribution in [2.45, 2.75) is 46.6 Å². The highest BCUT2D eigenvalue weighted by molar-refractivity contribution is 5.97. The maximum Gasteiger partial charge on any atom is 0.251 e. The van der Waals surface area contributed by atoms with Crippen molar-refractivity contribution < 1.29 is 4.79 Å². The standard InChI is InChI=1S/C15H22N4O/c1-14(2,3)9-15(4,5)16-13(20)10-6-7-11-12(8-10)18-19-17-11/h6-8H,9H2,1-5H3,(H,16,20)(H,17,18,19). The molecule has 0 atom stereocenters. The molecule has 1 aromatic heterocycles. The highest BCUT2D eigenvalue weighted by Gasteiger charge is 2.27. The Morgan fingerprint density at radius 1 is 1.15 bits per heavy atom. The maximum atomic E-state index is 12.3. The summed E-state index contributed by atoms with van der Waals surface area (Å²) >= 11 is 0. The smallest absolute Gasteiger partial charge is 0.251 e. The van der Waals surface area contributed by atoms with Crippen molar-refractivity contribution in [3.05, 3.63) is 23.8 Å². The zero-order valence-corrected chi connectivity index (χ0v) is 12.7. The average molecular weight is 274 g/mol. The van der Waals surface area contributed by atoms with E-state index in [4.69, 9.17) is 0 Å². The monoisotopic (exact) mass is 274 g/mol. The number of carbonyl (C=O) groups is 1. The summed E-state index contributed by atoms with van der Waals surface area (Å²) in [7, 11) is 0. The third-order valence-electron chi connectivity index (χ3n) is 3.00. The number of amides is 1. The lowest BCUT2D eigenvalue weighted by atomic mass is 9.81. The molecule has 0 unspecified atom stereocenters. The second kappa shape index (κ2) is 4.89. The number of rotatable bonds is 3. The van der Waals surface area contributed by atoms with Gasteiger partial charge in [-0.05, 0) is 43.9 Å². The molecule has 0 saturated carbocycles. The van der Waals surface area contributed by atoms with Crippen LogP contribution < -0.4 is 5.32 Å². The maximum absolute atomic E-state index is 12.3. The first-order chi connectivity index (χ1) is 9.16. The molecule has 1 amide bonds. The van der Waals surface area contributed by atoms with Crippen molar-refractivity contribution >= 4 is 16.9 Å². The van der Waals surface area contributed by atoms with Gasteiger partial charge < -0.3 is 5.32 Å². The van der Waals surface area contributed by atoms with Crippen molar-refractivity contribution in [1.82, 2.24) is 20.7 Å². The van der Waals surface area contributed by atoms with Gasteiger partial charge in [0.2, 0.25) is 0 Å². The minimum absolute atomic E-state index is 0.0795. The number of carbonyl (C=O) groups excluding carboxylic acids is 1. The molecule has 1 heterocycles. The third kappa shape index (κ3) is 3.56. The molecular formula is C15H22N4O. The van der Waals surface area contributed by atoms with E-state index >= 15 is 0 Å². The number of hydrogen-bond donors (Lipinski definition) is 2. The first-order valence-electron chi connectivity index (χ1n) is 6.79. The van der Waals surface area contributed by atoms with Gasteiger partial charge in [0, 0.05) is 11.1 Å². The van der Waals surface area contributed by atoms with Crippen LogP contribution in [0.4, 0.5) is 0 Å². The molecule has 0 aliphatic carbocycles. The van der Waals surface area contributed by atoms with E-state index in [1.54, 1.807) is 18.2 Å². The number of nitrogens with zero attached hydrogens (tertiary/aromatic N) is 2. The third-order valence-corrected chi connectivity index (χ3v) is 3.00. The Morgan fingerprint density at radius 2 is 1.80 bits per heavy atom. The fraction of sp³-hybridized carbons (Fsp3) is 0.533. The van der Waals surface area contributed by atoms with Crippen molar-refractivity contribution in [2.24, 2.45) is 5.41 Å². The lowest BCUT2D eigenvalue weighted by Crippen LogP contribution is -2.45. The molecular weight excluding hydrogens is 252 g/mol. The van der Waals surface area contributed by atoms with Gasteiger partial charge in [-0.3, -0.25) is 4.79 Å². The largest absolute Gasteiger partial charge is 0.347 e. The number of H-pyrrole nitrogens is 1. The zero-order chi connectivity index (χ0) is 15.0. The van der Waals surface area contributed by atoms with E-state index in [9.17, 15) is 4.79 Å². The van der Waals surface area contributed by atoms with E-state index in [0.29, 0.717) is 11.1 Å². The fourth-order valence-corrected chi connectivity index (χ4v) is 2.73. The first-order valence-corrected chi connectivity index (χ1v) is 6.79. The second-order valence-corrected chi connectivity index (χ2v) is 7.10. The zero-order valence-electron chi connectivity index (χ0n) is 12.7. The van der Waals surface area contributed by atoms with Gasteiger partial charge in [0.15, 0.2) is 0 Å². The van der Waals surface area contributed by atoms with Gasteiger partial charge in [0.1, 0.15) is 11.0 Å². The van der Waals surface area contributed by atoms with E-state index in [1.807, 2.05) is 13.8 Å². The minimum atomic E-state index is -0.256. The fourth-order valence-electron chi connectivity index (χ4n) is 2.73. The number of hydrogen-bond acceptors (Lipinski definition) is 3. The van der Waals surface area contributed by atoms with Gasteiger partial charge in [-0.1, -0.05) is 20.8 Å². The SMILES string of the molecule is CC(C)(C)CC(C)(C)NC(=O)c1ccc2n[nH]nc2c1. The summed E-state index contributed by atoms with van der Waals surface area (Å²) in [4.78, 5) is 12.3. The number of fused-ring (bicyclic) bond motifs is 1. The van der Waals surface area contributed by atoms with Crippen LogP contribution in [0.2, 0.25) is 0 Å². The van der Waals surface area contributed by atoms with Crippen LogP contribution in [-0.4, -0.2) is 26.9 Å². The number of aromatic amines is 1. The van der Waals surface area contributed by atoms with Gasteiger partial charge in [0.05, 0.1) is 0 Å². The molecule has 0 saturated heterocycles. The minimum Gasteiger partial charge on any atom is -0.347 e. The molecule has 0 spiro atoms. The van der Waals surface area contributed by atoms with Crippen molar-refractivity contribution in [3.63, 3.8) is 0 Å². The Balaban J connectivity index is 2.14. The van der Waals surface area contributed by atoms with E-state index < -0.39 is 0 Å². The molecule has 1 aromatic carbocycles. The molecule has 0 aliphatic rings. The van der Waals surface area contributed by atoms with Crippen LogP contribution in [0.1, 0.15) is 51.4 Å². The lowest BCUT2D eigenvalue weighted by Gasteiger charge is -2.33. The summed E-state index contributed by atoms with van der Waals surface area (Å²) in [6, 6.07) is 5.32. The molecule has 5 nitrogen and oxygen atoms in total. The molecule has 0 radical (unpaired) electrons. The Bertz CT molecular complexity index is 622. The molecule has 2 N–H and O–H groups in total. The first kappa shape index (κ1) is 14.5. The molecule has 5 heteroatoms. The van der Waals surface area contributed by atoms with Crippen LogP contribution in [0.25, 0.3) is 11.0 Å². The van der Waals surface area contributed by atoms with Crippen molar-refractivity contribution in [3.8, 4) is 0 Å². The molecule has 20 heavy (non-hydrogen) atoms. The van der Waals surface area contributed by atoms with Gasteiger partial charge in [-0.25, -0.2) is 0 Å². The van der Waals surface area contributed by atoms with Crippen molar-refractivity contribution in [1.29, 1.82) is 0 Å². The quantitative estimate of drug-likeness (QED) is 0.904. The van der Waals surface area contributed by atoms with Gasteiger partial charge >= 0.3 is 0 Å². The van der Waals surface area contributed by atoms with Crippen LogP contribution in [0.3, 0.4) is 0 Å². The highest BCUT2D eigenvalue weighted by atomic mass is 16.1. The molecule has 2 aromatic rings. The van der Waals surface area contributed by atoms with Gasteiger partial charge in [-0.2, -0.15) is 15.4 Å². The summed E-state index contributed by atoms with van der Waals surface area (Å²) in [6.45, 7) is 10.6. The number of nitrogens with one attached hydrogen (secondary N) is 2. The number of aromatic nitrogens is 3. The summed E-state index contributed by atoms with van der Waals surface area (Å²) in [5.41, 5.74) is 1.97. The van der Waals surface area contributed by atoms with E-state index in [-0.39, 0.29) is 16.9 Å².